The topological polar surface area (TPSA) is 86.3 Å². The van der Waals surface area contributed by atoms with Crippen LogP contribution >= 0.6 is 0 Å². The maximum atomic E-state index is 12.8. The first-order chi connectivity index (χ1) is 12.6. The number of nitrogens with zero attached hydrogens (tertiary/aromatic N) is 2. The summed E-state index contributed by atoms with van der Waals surface area (Å²) in [6, 6.07) is 12.5. The minimum Gasteiger partial charge on any atom is -0.478 e. The second-order valence-electron chi connectivity index (χ2n) is 6.75. The maximum absolute atomic E-state index is 12.8. The van der Waals surface area contributed by atoms with Crippen molar-refractivity contribution in [3.05, 3.63) is 65.5 Å². The molecule has 6 heteroatoms. The normalized spacial score (nSPS) is 16.9. The summed E-state index contributed by atoms with van der Waals surface area (Å²) < 4.78 is 0. The highest BCUT2D eigenvalue weighted by Crippen LogP contribution is 2.24. The zero-order valence-corrected chi connectivity index (χ0v) is 14.2. The Morgan fingerprint density at radius 1 is 1.19 bits per heavy atom. The molecule has 6 nitrogen and oxygen atoms in total. The van der Waals surface area contributed by atoms with Crippen molar-refractivity contribution in [3.63, 3.8) is 0 Å². The van der Waals surface area contributed by atoms with Crippen LogP contribution in [-0.4, -0.2) is 44.9 Å². The van der Waals surface area contributed by atoms with Crippen molar-refractivity contribution in [3.8, 4) is 0 Å². The molecule has 0 radical (unpaired) electrons. The van der Waals surface area contributed by atoms with Crippen molar-refractivity contribution in [2.24, 2.45) is 5.92 Å². The first kappa shape index (κ1) is 16.3. The van der Waals surface area contributed by atoms with E-state index in [0.717, 1.165) is 36.0 Å². The molecular weight excluding hydrogens is 330 g/mol. The number of benzene rings is 2. The third-order valence-corrected chi connectivity index (χ3v) is 4.94. The van der Waals surface area contributed by atoms with Crippen LogP contribution in [0.4, 0.5) is 0 Å². The van der Waals surface area contributed by atoms with E-state index in [-0.39, 0.29) is 5.91 Å². The van der Waals surface area contributed by atoms with Crippen LogP contribution < -0.4 is 0 Å². The molecule has 1 unspecified atom stereocenters. The van der Waals surface area contributed by atoms with E-state index in [0.29, 0.717) is 23.6 Å². The molecule has 0 aliphatic carbocycles. The fraction of sp³-hybridized carbons (Fsp3) is 0.250. The van der Waals surface area contributed by atoms with Crippen LogP contribution in [0.2, 0.25) is 0 Å². The molecule has 132 valence electrons. The Bertz CT molecular complexity index is 979. The molecule has 1 aromatic heterocycles. The van der Waals surface area contributed by atoms with Crippen molar-refractivity contribution in [1.29, 1.82) is 0 Å². The van der Waals surface area contributed by atoms with Gasteiger partial charge in [0.25, 0.3) is 5.91 Å². The molecular formula is C20H19N3O3. The summed E-state index contributed by atoms with van der Waals surface area (Å²) in [5, 5.41) is 9.11. The van der Waals surface area contributed by atoms with E-state index >= 15 is 0 Å². The number of aromatic carboxylic acids is 1. The average Bonchev–Trinajstić information content (AvgIpc) is 3.30. The number of likely N-dealkylation sites (tertiary alicyclic amines) is 1. The van der Waals surface area contributed by atoms with Gasteiger partial charge in [-0.2, -0.15) is 0 Å². The highest BCUT2D eigenvalue weighted by molar-refractivity contribution is 5.97. The monoisotopic (exact) mass is 349 g/mol. The van der Waals surface area contributed by atoms with E-state index in [1.807, 2.05) is 29.2 Å². The second kappa shape index (κ2) is 6.63. The Balaban J connectivity index is 1.43. The number of carbonyl (C=O) groups is 2. The number of rotatable bonds is 4. The average molecular weight is 349 g/mol. The van der Waals surface area contributed by atoms with E-state index in [2.05, 4.69) is 9.97 Å². The van der Waals surface area contributed by atoms with Gasteiger partial charge in [0.15, 0.2) is 0 Å². The zero-order valence-electron chi connectivity index (χ0n) is 14.2. The minimum atomic E-state index is -0.913. The summed E-state index contributed by atoms with van der Waals surface area (Å²) in [7, 11) is 0. The van der Waals surface area contributed by atoms with Gasteiger partial charge in [0, 0.05) is 18.7 Å². The van der Waals surface area contributed by atoms with Gasteiger partial charge in [0.05, 0.1) is 22.9 Å². The highest BCUT2D eigenvalue weighted by Gasteiger charge is 2.27. The van der Waals surface area contributed by atoms with Crippen LogP contribution in [0.15, 0.2) is 48.8 Å². The van der Waals surface area contributed by atoms with Gasteiger partial charge in [0.2, 0.25) is 0 Å². The van der Waals surface area contributed by atoms with Gasteiger partial charge < -0.3 is 15.0 Å². The Kier molecular flexibility index (Phi) is 4.16. The summed E-state index contributed by atoms with van der Waals surface area (Å²) in [5.74, 6) is -0.536. The maximum Gasteiger partial charge on any atom is 0.335 e. The lowest BCUT2D eigenvalue weighted by Crippen LogP contribution is -2.28. The number of aromatic nitrogens is 2. The Morgan fingerprint density at radius 3 is 2.92 bits per heavy atom. The number of carboxylic acid groups (broad SMARTS) is 1. The second-order valence-corrected chi connectivity index (χ2v) is 6.75. The summed E-state index contributed by atoms with van der Waals surface area (Å²) in [5.41, 5.74) is 3.68. The molecule has 0 saturated carbocycles. The van der Waals surface area contributed by atoms with Crippen molar-refractivity contribution < 1.29 is 14.7 Å². The van der Waals surface area contributed by atoms with E-state index < -0.39 is 5.97 Å². The quantitative estimate of drug-likeness (QED) is 0.758. The third-order valence-electron chi connectivity index (χ3n) is 4.94. The number of imidazole rings is 1. The van der Waals surface area contributed by atoms with Gasteiger partial charge in [-0.15, -0.1) is 0 Å². The van der Waals surface area contributed by atoms with Crippen LogP contribution in [0, 0.1) is 5.92 Å². The first-order valence-corrected chi connectivity index (χ1v) is 8.65. The first-order valence-electron chi connectivity index (χ1n) is 8.65. The lowest BCUT2D eigenvalue weighted by atomic mass is 9.97. The van der Waals surface area contributed by atoms with Crippen LogP contribution in [0.5, 0.6) is 0 Å². The minimum absolute atomic E-state index is 0.0308. The number of aromatic amines is 1. The lowest BCUT2D eigenvalue weighted by molar-refractivity contribution is 0.0696. The smallest absolute Gasteiger partial charge is 0.335 e. The number of hydrogen-bond acceptors (Lipinski definition) is 3. The van der Waals surface area contributed by atoms with Gasteiger partial charge in [-0.05, 0) is 54.7 Å². The number of nitrogens with one attached hydrogen (secondary N) is 1. The molecule has 2 heterocycles. The van der Waals surface area contributed by atoms with Crippen LogP contribution in [0.25, 0.3) is 11.0 Å². The lowest BCUT2D eigenvalue weighted by Gasteiger charge is -2.17. The van der Waals surface area contributed by atoms with Gasteiger partial charge >= 0.3 is 5.97 Å². The number of amides is 1. The van der Waals surface area contributed by atoms with Gasteiger partial charge in [-0.25, -0.2) is 9.78 Å². The molecule has 2 N–H and O–H groups in total. The van der Waals surface area contributed by atoms with Crippen LogP contribution in [-0.2, 0) is 6.42 Å². The van der Waals surface area contributed by atoms with Crippen LogP contribution in [0.1, 0.15) is 32.7 Å². The molecule has 1 saturated heterocycles. The van der Waals surface area contributed by atoms with Crippen molar-refractivity contribution in [1.82, 2.24) is 14.9 Å². The highest BCUT2D eigenvalue weighted by atomic mass is 16.4. The predicted molar refractivity (Wildman–Crippen MR) is 97.2 cm³/mol. The molecule has 1 aliphatic heterocycles. The van der Waals surface area contributed by atoms with Crippen molar-refractivity contribution in [2.75, 3.05) is 13.1 Å². The molecule has 1 amide bonds. The van der Waals surface area contributed by atoms with E-state index in [1.54, 1.807) is 24.5 Å². The third kappa shape index (κ3) is 3.18. The molecule has 1 aliphatic rings. The molecule has 3 aromatic rings. The Morgan fingerprint density at radius 2 is 2.08 bits per heavy atom. The summed E-state index contributed by atoms with van der Waals surface area (Å²) in [4.78, 5) is 33.0. The molecule has 1 fully saturated rings. The zero-order chi connectivity index (χ0) is 18.1. The van der Waals surface area contributed by atoms with Gasteiger partial charge in [-0.1, -0.05) is 12.1 Å². The molecule has 4 rings (SSSR count). The van der Waals surface area contributed by atoms with E-state index in [1.165, 1.54) is 0 Å². The molecule has 26 heavy (non-hydrogen) atoms. The SMILES string of the molecule is O=C(O)c1cccc(CC2CCN(C(=O)c3ccc4nc[nH]c4c3)C2)c1. The predicted octanol–water partition coefficient (Wildman–Crippen LogP) is 2.97. The largest absolute Gasteiger partial charge is 0.478 e. The summed E-state index contributed by atoms with van der Waals surface area (Å²) in [6.07, 6.45) is 3.33. The number of hydrogen-bond donors (Lipinski definition) is 2. The molecule has 0 bridgehead atoms. The number of H-pyrrole nitrogens is 1. The molecule has 0 spiro atoms. The van der Waals surface area contributed by atoms with Gasteiger partial charge in [0.1, 0.15) is 0 Å². The standard InChI is InChI=1S/C20H19N3O3/c24-19(15-4-5-17-18(10-15)22-12-21-17)23-7-6-14(11-23)8-13-2-1-3-16(9-13)20(25)26/h1-5,9-10,12,14H,6-8,11H2,(H,21,22)(H,25,26). The van der Waals surface area contributed by atoms with Crippen molar-refractivity contribution in [2.45, 2.75) is 12.8 Å². The fourth-order valence-electron chi connectivity index (χ4n) is 3.60. The summed E-state index contributed by atoms with van der Waals surface area (Å²) in [6.45, 7) is 1.42. The van der Waals surface area contributed by atoms with Crippen LogP contribution in [0.3, 0.4) is 0 Å². The molecule has 2 aromatic carbocycles. The molecule has 1 atom stereocenters. The number of carboxylic acids is 1. The van der Waals surface area contributed by atoms with E-state index in [9.17, 15) is 9.59 Å². The number of carbonyl (C=O) groups excluding carboxylic acids is 1. The van der Waals surface area contributed by atoms with E-state index in [4.69, 9.17) is 5.11 Å². The number of fused-ring (bicyclic) bond motifs is 1. The van der Waals surface area contributed by atoms with Crippen molar-refractivity contribution >= 4 is 22.9 Å². The van der Waals surface area contributed by atoms with Gasteiger partial charge in [-0.3, -0.25) is 4.79 Å². The summed E-state index contributed by atoms with van der Waals surface area (Å²) >= 11 is 0. The Labute approximate surface area is 150 Å². The fourth-order valence-corrected chi connectivity index (χ4v) is 3.60. The Hall–Kier alpha value is -3.15.